The van der Waals surface area contributed by atoms with E-state index in [2.05, 4.69) is 17.5 Å². The lowest BCUT2D eigenvalue weighted by Crippen LogP contribution is -2.41. The second-order valence-electron chi connectivity index (χ2n) is 6.09. The number of hydrogen-bond donors (Lipinski definition) is 1. The minimum Gasteiger partial charge on any atom is -0.308 e. The van der Waals surface area contributed by atoms with Crippen molar-refractivity contribution >= 4 is 0 Å². The molecule has 0 heterocycles. The summed E-state index contributed by atoms with van der Waals surface area (Å²) in [5, 5.41) is 3.88. The topological polar surface area (TPSA) is 12.0 Å². The fourth-order valence-electron chi connectivity index (χ4n) is 3.63. The summed E-state index contributed by atoms with van der Waals surface area (Å²) in [4.78, 5) is 0. The van der Waals surface area contributed by atoms with E-state index in [0.717, 1.165) is 17.9 Å². The van der Waals surface area contributed by atoms with E-state index in [1.54, 1.807) is 0 Å². The fraction of sp³-hybridized carbons (Fsp3) is 0.867. The van der Waals surface area contributed by atoms with E-state index in [1.165, 1.54) is 57.8 Å². The third kappa shape index (κ3) is 2.68. The van der Waals surface area contributed by atoms with E-state index < -0.39 is 0 Å². The molecule has 0 bridgehead atoms. The maximum absolute atomic E-state index is 3.88. The molecule has 0 aromatic heterocycles. The van der Waals surface area contributed by atoms with Crippen molar-refractivity contribution in [1.29, 1.82) is 0 Å². The van der Waals surface area contributed by atoms with E-state index in [0.29, 0.717) is 6.04 Å². The quantitative estimate of drug-likeness (QED) is 0.714. The first-order valence-corrected chi connectivity index (χ1v) is 7.34. The molecule has 90 valence electrons. The molecule has 3 atom stereocenters. The van der Waals surface area contributed by atoms with Crippen molar-refractivity contribution in [2.45, 2.75) is 69.9 Å². The minimum absolute atomic E-state index is 0.691. The summed E-state index contributed by atoms with van der Waals surface area (Å²) < 4.78 is 0. The van der Waals surface area contributed by atoms with Crippen LogP contribution in [0.15, 0.2) is 12.2 Å². The first-order valence-electron chi connectivity index (χ1n) is 7.34. The summed E-state index contributed by atoms with van der Waals surface area (Å²) in [5.74, 6) is 2.19. The second-order valence-corrected chi connectivity index (χ2v) is 6.09. The molecule has 0 radical (unpaired) electrons. The Morgan fingerprint density at radius 3 is 2.56 bits per heavy atom. The van der Waals surface area contributed by atoms with Gasteiger partial charge in [-0.15, -0.1) is 0 Å². The van der Waals surface area contributed by atoms with Gasteiger partial charge in [0.2, 0.25) is 0 Å². The molecule has 2 saturated carbocycles. The summed E-state index contributed by atoms with van der Waals surface area (Å²) in [6.07, 6.45) is 17.7. The molecule has 1 heteroatoms. The molecule has 1 N–H and O–H groups in total. The molecular weight excluding hydrogens is 194 g/mol. The molecule has 16 heavy (non-hydrogen) atoms. The van der Waals surface area contributed by atoms with Crippen LogP contribution in [0.25, 0.3) is 0 Å². The zero-order valence-corrected chi connectivity index (χ0v) is 10.3. The summed E-state index contributed by atoms with van der Waals surface area (Å²) in [5.41, 5.74) is 0. The van der Waals surface area contributed by atoms with Gasteiger partial charge in [0.15, 0.2) is 0 Å². The normalized spacial score (nSPS) is 39.9. The molecule has 2 fully saturated rings. The predicted molar refractivity (Wildman–Crippen MR) is 68.4 cm³/mol. The largest absolute Gasteiger partial charge is 0.308 e. The van der Waals surface area contributed by atoms with Crippen LogP contribution >= 0.6 is 0 Å². The third-order valence-electron chi connectivity index (χ3n) is 4.71. The Morgan fingerprint density at radius 1 is 0.875 bits per heavy atom. The minimum atomic E-state index is 0.691. The highest BCUT2D eigenvalue weighted by atomic mass is 14.9. The van der Waals surface area contributed by atoms with Crippen molar-refractivity contribution in [1.82, 2.24) is 5.32 Å². The molecule has 3 rings (SSSR count). The first-order chi connectivity index (χ1) is 7.92. The first kappa shape index (κ1) is 10.8. The van der Waals surface area contributed by atoms with Gasteiger partial charge >= 0.3 is 0 Å². The van der Waals surface area contributed by atoms with Gasteiger partial charge in [0.1, 0.15) is 0 Å². The molecule has 3 aliphatic rings. The highest BCUT2D eigenvalue weighted by Gasteiger charge is 2.34. The lowest BCUT2D eigenvalue weighted by atomic mass is 9.82. The highest BCUT2D eigenvalue weighted by Crippen LogP contribution is 2.44. The molecule has 0 saturated heterocycles. The maximum atomic E-state index is 3.88. The Kier molecular flexibility index (Phi) is 3.32. The molecule has 3 aliphatic carbocycles. The molecule has 1 nitrogen and oxygen atoms in total. The average Bonchev–Trinajstić information content (AvgIpc) is 3.15. The van der Waals surface area contributed by atoms with Crippen LogP contribution < -0.4 is 5.32 Å². The third-order valence-corrected chi connectivity index (χ3v) is 4.71. The van der Waals surface area contributed by atoms with Gasteiger partial charge in [0.05, 0.1) is 0 Å². The van der Waals surface area contributed by atoms with E-state index in [4.69, 9.17) is 0 Å². The Labute approximate surface area is 99.7 Å². The van der Waals surface area contributed by atoms with Crippen LogP contribution in [0.3, 0.4) is 0 Å². The van der Waals surface area contributed by atoms with Crippen molar-refractivity contribution in [3.8, 4) is 0 Å². The van der Waals surface area contributed by atoms with Gasteiger partial charge in [0.25, 0.3) is 0 Å². The summed E-state index contributed by atoms with van der Waals surface area (Å²) >= 11 is 0. The molecule has 0 aromatic carbocycles. The standard InChI is InChI=1S/C15H25N/c1-2-6-14(7-3-1)16-15-8-4-5-13(11-15)12-9-10-12/h2,6,12-16H,1,3-5,7-11H2. The Morgan fingerprint density at radius 2 is 1.81 bits per heavy atom. The van der Waals surface area contributed by atoms with E-state index >= 15 is 0 Å². The van der Waals surface area contributed by atoms with Crippen LogP contribution in [-0.2, 0) is 0 Å². The van der Waals surface area contributed by atoms with E-state index in [9.17, 15) is 0 Å². The smallest absolute Gasteiger partial charge is 0.0252 e. The van der Waals surface area contributed by atoms with Crippen molar-refractivity contribution in [3.05, 3.63) is 12.2 Å². The van der Waals surface area contributed by atoms with Gasteiger partial charge < -0.3 is 5.32 Å². The Bertz CT molecular complexity index is 254. The maximum Gasteiger partial charge on any atom is 0.0252 e. The SMILES string of the molecule is C1=CC(NC2CCCC(C3CC3)C2)CCC1. The van der Waals surface area contributed by atoms with Crippen LogP contribution in [0.5, 0.6) is 0 Å². The molecule has 0 aliphatic heterocycles. The van der Waals surface area contributed by atoms with Crippen molar-refractivity contribution in [3.63, 3.8) is 0 Å². The predicted octanol–water partition coefficient (Wildman–Crippen LogP) is 3.65. The van der Waals surface area contributed by atoms with E-state index in [1.807, 2.05) is 0 Å². The van der Waals surface area contributed by atoms with Crippen LogP contribution in [-0.4, -0.2) is 12.1 Å². The fourth-order valence-corrected chi connectivity index (χ4v) is 3.63. The van der Waals surface area contributed by atoms with Crippen molar-refractivity contribution in [2.24, 2.45) is 11.8 Å². The highest BCUT2D eigenvalue weighted by molar-refractivity contribution is 4.99. The zero-order valence-electron chi connectivity index (χ0n) is 10.3. The molecule has 0 spiro atoms. The second kappa shape index (κ2) is 4.91. The van der Waals surface area contributed by atoms with Crippen molar-refractivity contribution in [2.75, 3.05) is 0 Å². The number of rotatable bonds is 3. The number of hydrogen-bond acceptors (Lipinski definition) is 1. The van der Waals surface area contributed by atoms with Gasteiger partial charge in [0, 0.05) is 12.1 Å². The summed E-state index contributed by atoms with van der Waals surface area (Å²) in [6, 6.07) is 1.52. The van der Waals surface area contributed by atoms with Crippen LogP contribution in [0, 0.1) is 11.8 Å². The number of allylic oxidation sites excluding steroid dienone is 1. The lowest BCUT2D eigenvalue weighted by molar-refractivity contribution is 0.250. The molecule has 0 aromatic rings. The van der Waals surface area contributed by atoms with Gasteiger partial charge in [-0.3, -0.25) is 0 Å². The monoisotopic (exact) mass is 219 g/mol. The summed E-state index contributed by atoms with van der Waals surface area (Å²) in [6.45, 7) is 0. The molecule has 3 unspecified atom stereocenters. The van der Waals surface area contributed by atoms with Crippen LogP contribution in [0.4, 0.5) is 0 Å². The number of nitrogens with one attached hydrogen (secondary N) is 1. The van der Waals surface area contributed by atoms with Crippen LogP contribution in [0.1, 0.15) is 57.8 Å². The summed E-state index contributed by atoms with van der Waals surface area (Å²) in [7, 11) is 0. The zero-order chi connectivity index (χ0) is 10.8. The molecular formula is C15H25N. The lowest BCUT2D eigenvalue weighted by Gasteiger charge is -2.33. The van der Waals surface area contributed by atoms with Gasteiger partial charge in [-0.25, -0.2) is 0 Å². The molecule has 0 amide bonds. The average molecular weight is 219 g/mol. The van der Waals surface area contributed by atoms with Gasteiger partial charge in [-0.05, 0) is 56.8 Å². The van der Waals surface area contributed by atoms with Gasteiger partial charge in [-0.1, -0.05) is 25.0 Å². The Hall–Kier alpha value is -0.300. The van der Waals surface area contributed by atoms with Gasteiger partial charge in [-0.2, -0.15) is 0 Å². The van der Waals surface area contributed by atoms with Crippen LogP contribution in [0.2, 0.25) is 0 Å². The Balaban J connectivity index is 1.49. The van der Waals surface area contributed by atoms with Crippen molar-refractivity contribution < 1.29 is 0 Å². The van der Waals surface area contributed by atoms with E-state index in [-0.39, 0.29) is 0 Å².